The zero-order chi connectivity index (χ0) is 17.5. The monoisotopic (exact) mass is 368 g/mol. The predicted octanol–water partition coefficient (Wildman–Crippen LogP) is 2.27. The van der Waals surface area contributed by atoms with Gasteiger partial charge in [0.15, 0.2) is 0 Å². The maximum Gasteiger partial charge on any atom is 0.341 e. The van der Waals surface area contributed by atoms with E-state index >= 15 is 0 Å². The molecule has 1 aromatic heterocycles. The van der Waals surface area contributed by atoms with Gasteiger partial charge in [0, 0.05) is 10.6 Å². The summed E-state index contributed by atoms with van der Waals surface area (Å²) >= 11 is 3.01. The third kappa shape index (κ3) is 2.82. The number of ether oxygens (including phenoxy) is 1. The van der Waals surface area contributed by atoms with Crippen LogP contribution >= 0.6 is 23.1 Å². The quantitative estimate of drug-likeness (QED) is 0.652. The minimum Gasteiger partial charge on any atom is -0.465 e. The summed E-state index contributed by atoms with van der Waals surface area (Å²) in [6.07, 6.45) is 3.50. The first-order valence-electron chi connectivity index (χ1n) is 7.80. The summed E-state index contributed by atoms with van der Waals surface area (Å²) in [5, 5.41) is 3.40. The van der Waals surface area contributed by atoms with Crippen LogP contribution in [0.15, 0.2) is 0 Å². The van der Waals surface area contributed by atoms with Gasteiger partial charge in [0.2, 0.25) is 12.3 Å². The van der Waals surface area contributed by atoms with Gasteiger partial charge in [-0.3, -0.25) is 9.59 Å². The Balaban J connectivity index is 1.85. The van der Waals surface area contributed by atoms with Gasteiger partial charge in [-0.2, -0.15) is 0 Å². The number of thiophene rings is 1. The number of nitrogens with zero attached hydrogens (tertiary/aromatic N) is 1. The highest BCUT2D eigenvalue weighted by Gasteiger charge is 2.43. The molecule has 0 aromatic carbocycles. The van der Waals surface area contributed by atoms with Crippen LogP contribution in [0.4, 0.5) is 5.00 Å². The van der Waals surface area contributed by atoms with Gasteiger partial charge in [-0.25, -0.2) is 4.79 Å². The molecule has 1 atom stereocenters. The molecule has 1 aromatic rings. The molecule has 1 unspecified atom stereocenters. The van der Waals surface area contributed by atoms with Gasteiger partial charge < -0.3 is 15.0 Å². The van der Waals surface area contributed by atoms with Crippen molar-refractivity contribution in [2.75, 3.05) is 18.2 Å². The first kappa shape index (κ1) is 17.3. The van der Waals surface area contributed by atoms with Crippen LogP contribution in [0.25, 0.3) is 0 Å². The third-order valence-corrected chi connectivity index (χ3v) is 7.12. The number of nitrogens with one attached hydrogen (secondary N) is 1. The molecular formula is C16H20N2O4S2. The number of hydrogen-bond acceptors (Lipinski definition) is 6. The van der Waals surface area contributed by atoms with Crippen LogP contribution in [0.2, 0.25) is 0 Å². The van der Waals surface area contributed by atoms with Crippen molar-refractivity contribution in [1.82, 2.24) is 4.90 Å². The summed E-state index contributed by atoms with van der Waals surface area (Å²) in [5.41, 5.74) is 1.47. The van der Waals surface area contributed by atoms with Gasteiger partial charge in [-0.05, 0) is 38.7 Å². The first-order chi connectivity index (χ1) is 11.4. The minimum atomic E-state index is -0.537. The Morgan fingerprint density at radius 3 is 2.79 bits per heavy atom. The largest absolute Gasteiger partial charge is 0.465 e. The number of methoxy groups -OCH3 is 1. The summed E-state index contributed by atoms with van der Waals surface area (Å²) in [5.74, 6) is -0.140. The number of amides is 2. The Morgan fingerprint density at radius 1 is 1.38 bits per heavy atom. The number of esters is 1. The summed E-state index contributed by atoms with van der Waals surface area (Å²) in [4.78, 5) is 38.5. The van der Waals surface area contributed by atoms with E-state index in [9.17, 15) is 14.4 Å². The van der Waals surface area contributed by atoms with Crippen LogP contribution < -0.4 is 5.32 Å². The van der Waals surface area contributed by atoms with E-state index in [4.69, 9.17) is 4.74 Å². The molecule has 0 radical (unpaired) electrons. The number of thioether (sulfide) groups is 1. The normalized spacial score (nSPS) is 21.5. The highest BCUT2D eigenvalue weighted by Crippen LogP contribution is 2.41. The van der Waals surface area contributed by atoms with Crippen molar-refractivity contribution in [2.24, 2.45) is 0 Å². The van der Waals surface area contributed by atoms with Crippen molar-refractivity contribution in [3.8, 4) is 0 Å². The van der Waals surface area contributed by atoms with E-state index in [2.05, 4.69) is 5.32 Å². The van der Waals surface area contributed by atoms with E-state index in [1.54, 1.807) is 11.8 Å². The van der Waals surface area contributed by atoms with Gasteiger partial charge in [-0.15, -0.1) is 23.1 Å². The molecule has 0 bridgehead atoms. The van der Waals surface area contributed by atoms with Gasteiger partial charge in [-0.1, -0.05) is 0 Å². The van der Waals surface area contributed by atoms with Crippen molar-refractivity contribution in [3.05, 3.63) is 16.0 Å². The van der Waals surface area contributed by atoms with E-state index < -0.39 is 16.9 Å². The number of hydrogen-bond donors (Lipinski definition) is 1. The number of anilines is 1. The number of carbonyl (C=O) groups excluding carboxylic acids is 3. The molecule has 2 amide bonds. The van der Waals surface area contributed by atoms with Crippen molar-refractivity contribution < 1.29 is 19.1 Å². The molecule has 0 saturated carbocycles. The summed E-state index contributed by atoms with van der Waals surface area (Å²) in [7, 11) is 1.34. The van der Waals surface area contributed by atoms with E-state index in [1.807, 2.05) is 13.8 Å². The molecule has 1 aliphatic carbocycles. The molecule has 130 valence electrons. The minimum absolute atomic E-state index is 0.259. The Hall–Kier alpha value is -1.54. The van der Waals surface area contributed by atoms with Crippen LogP contribution in [0, 0.1) is 0 Å². The molecular weight excluding hydrogens is 348 g/mol. The lowest BCUT2D eigenvalue weighted by Gasteiger charge is -2.30. The molecule has 1 aliphatic heterocycles. The van der Waals surface area contributed by atoms with Crippen LogP contribution in [0.5, 0.6) is 0 Å². The summed E-state index contributed by atoms with van der Waals surface area (Å²) < 4.78 is 4.89. The van der Waals surface area contributed by atoms with Crippen molar-refractivity contribution in [3.63, 3.8) is 0 Å². The van der Waals surface area contributed by atoms with Crippen molar-refractivity contribution in [1.29, 1.82) is 0 Å². The second-order valence-electron chi connectivity index (χ2n) is 6.33. The Bertz CT molecular complexity index is 698. The average Bonchev–Trinajstić information content (AvgIpc) is 3.18. The van der Waals surface area contributed by atoms with Crippen LogP contribution in [-0.4, -0.2) is 47.0 Å². The van der Waals surface area contributed by atoms with E-state index in [0.717, 1.165) is 36.1 Å². The molecule has 0 spiro atoms. The highest BCUT2D eigenvalue weighted by molar-refractivity contribution is 8.00. The topological polar surface area (TPSA) is 75.7 Å². The molecule has 24 heavy (non-hydrogen) atoms. The fraction of sp³-hybridized carbons (Fsp3) is 0.562. The Kier molecular flexibility index (Phi) is 4.61. The van der Waals surface area contributed by atoms with Crippen molar-refractivity contribution in [2.45, 2.75) is 44.0 Å². The van der Waals surface area contributed by atoms with Gasteiger partial charge >= 0.3 is 5.97 Å². The van der Waals surface area contributed by atoms with E-state index in [0.29, 0.717) is 16.3 Å². The second-order valence-corrected chi connectivity index (χ2v) is 9.05. The fourth-order valence-electron chi connectivity index (χ4n) is 3.22. The lowest BCUT2D eigenvalue weighted by molar-refractivity contribution is -0.130. The fourth-order valence-corrected chi connectivity index (χ4v) is 5.70. The number of fused-ring (bicyclic) bond motifs is 1. The number of aryl methyl sites for hydroxylation is 1. The smallest absolute Gasteiger partial charge is 0.341 e. The second kappa shape index (κ2) is 6.40. The third-order valence-electron chi connectivity index (χ3n) is 4.52. The zero-order valence-corrected chi connectivity index (χ0v) is 15.5. The molecule has 8 heteroatoms. The van der Waals surface area contributed by atoms with E-state index in [-0.39, 0.29) is 5.91 Å². The average molecular weight is 368 g/mol. The molecule has 1 fully saturated rings. The van der Waals surface area contributed by atoms with Crippen LogP contribution in [0.3, 0.4) is 0 Å². The molecule has 1 saturated heterocycles. The molecule has 3 rings (SSSR count). The molecule has 1 N–H and O–H groups in total. The predicted molar refractivity (Wildman–Crippen MR) is 94.5 cm³/mol. The lowest BCUT2D eigenvalue weighted by atomic mass is 10.1. The number of rotatable bonds is 4. The zero-order valence-electron chi connectivity index (χ0n) is 13.9. The van der Waals surface area contributed by atoms with Gasteiger partial charge in [0.25, 0.3) is 0 Å². The summed E-state index contributed by atoms with van der Waals surface area (Å²) in [6.45, 7) is 3.83. The highest BCUT2D eigenvalue weighted by atomic mass is 32.2. The molecule has 2 aliphatic rings. The molecule has 6 nitrogen and oxygen atoms in total. The maximum atomic E-state index is 12.7. The number of carbonyl (C=O) groups is 3. The molecule has 2 heterocycles. The van der Waals surface area contributed by atoms with Gasteiger partial charge in [0.05, 0.1) is 17.5 Å². The van der Waals surface area contributed by atoms with Crippen molar-refractivity contribution >= 4 is 46.4 Å². The van der Waals surface area contributed by atoms with E-state index in [1.165, 1.54) is 23.3 Å². The Morgan fingerprint density at radius 2 is 2.12 bits per heavy atom. The van der Waals surface area contributed by atoms with Gasteiger partial charge in [0.1, 0.15) is 11.0 Å². The summed E-state index contributed by atoms with van der Waals surface area (Å²) in [6, 6.07) is -0.537. The van der Waals surface area contributed by atoms with Crippen LogP contribution in [-0.2, 0) is 27.2 Å². The standard InChI is InChI=1S/C16H20N2O4S2/c1-16(2)18(8-19)10(7-23-16)13(20)17-14-12(15(21)22-3)9-5-4-6-11(9)24-14/h8,10H,4-7H2,1-3H3,(H,17,20). The van der Waals surface area contributed by atoms with Crippen LogP contribution in [0.1, 0.15) is 41.1 Å². The Labute approximate surface area is 148 Å². The SMILES string of the molecule is COC(=O)c1c(NC(=O)C2CSC(C)(C)N2C=O)sc2c1CCC2. The maximum absolute atomic E-state index is 12.7. The first-order valence-corrected chi connectivity index (χ1v) is 9.60. The lowest BCUT2D eigenvalue weighted by Crippen LogP contribution is -2.47.